The normalized spacial score (nSPS) is 26.2. The van der Waals surface area contributed by atoms with Crippen LogP contribution in [-0.2, 0) is 4.74 Å². The Morgan fingerprint density at radius 3 is 2.52 bits per heavy atom. The van der Waals surface area contributed by atoms with Crippen molar-refractivity contribution in [3.05, 3.63) is 29.8 Å². The molecule has 1 N–H and O–H groups in total. The molecular formula is C20H28N2O3. The van der Waals surface area contributed by atoms with E-state index < -0.39 is 11.7 Å². The largest absolute Gasteiger partial charge is 0.390 e. The summed E-state index contributed by atoms with van der Waals surface area (Å²) in [6.45, 7) is 4.11. The second-order valence-corrected chi connectivity index (χ2v) is 7.57. The molecule has 1 amide bonds. The third kappa shape index (κ3) is 3.15. The average Bonchev–Trinajstić information content (AvgIpc) is 3.19. The van der Waals surface area contributed by atoms with Crippen LogP contribution in [0.3, 0.4) is 0 Å². The molecule has 5 nitrogen and oxygen atoms in total. The van der Waals surface area contributed by atoms with E-state index in [0.29, 0.717) is 13.1 Å². The number of benzene rings is 1. The summed E-state index contributed by atoms with van der Waals surface area (Å²) in [5.74, 6) is 0.114. The minimum Gasteiger partial charge on any atom is -0.390 e. The van der Waals surface area contributed by atoms with Gasteiger partial charge in [0.1, 0.15) is 0 Å². The minimum absolute atomic E-state index is 0.114. The molecule has 3 heterocycles. The predicted octanol–water partition coefficient (Wildman–Crippen LogP) is 2.43. The summed E-state index contributed by atoms with van der Waals surface area (Å²) in [6.07, 6.45) is 5.20. The van der Waals surface area contributed by atoms with Crippen LogP contribution in [0.4, 0.5) is 5.69 Å². The first-order valence-electron chi connectivity index (χ1n) is 9.65. The lowest BCUT2D eigenvalue weighted by molar-refractivity contribution is -0.174. The van der Waals surface area contributed by atoms with Gasteiger partial charge in [0.15, 0.2) is 0 Å². The Morgan fingerprint density at radius 2 is 1.80 bits per heavy atom. The zero-order valence-electron chi connectivity index (χ0n) is 14.8. The highest BCUT2D eigenvalue weighted by atomic mass is 16.5. The maximum absolute atomic E-state index is 13.1. The molecule has 4 rings (SSSR count). The van der Waals surface area contributed by atoms with Crippen molar-refractivity contribution < 1.29 is 14.6 Å². The zero-order valence-corrected chi connectivity index (χ0v) is 14.8. The lowest BCUT2D eigenvalue weighted by Gasteiger charge is -2.46. The van der Waals surface area contributed by atoms with E-state index >= 15 is 0 Å². The van der Waals surface area contributed by atoms with Crippen molar-refractivity contribution in [1.29, 1.82) is 0 Å². The highest BCUT2D eigenvalue weighted by molar-refractivity contribution is 6.00. The Balaban J connectivity index is 1.48. The second kappa shape index (κ2) is 6.96. The molecular weight excluding hydrogens is 316 g/mol. The number of piperidine rings is 1. The summed E-state index contributed by atoms with van der Waals surface area (Å²) in [6, 6.07) is 7.98. The van der Waals surface area contributed by atoms with Gasteiger partial charge in [0.25, 0.3) is 5.91 Å². The summed E-state index contributed by atoms with van der Waals surface area (Å²) < 4.78 is 5.96. The summed E-state index contributed by atoms with van der Waals surface area (Å²) in [7, 11) is 0. The van der Waals surface area contributed by atoms with Crippen LogP contribution in [-0.4, -0.2) is 60.4 Å². The molecule has 0 radical (unpaired) electrons. The van der Waals surface area contributed by atoms with Crippen molar-refractivity contribution >= 4 is 11.6 Å². The highest BCUT2D eigenvalue weighted by Gasteiger charge is 2.44. The van der Waals surface area contributed by atoms with E-state index in [4.69, 9.17) is 4.74 Å². The number of aliphatic hydroxyl groups excluding tert-OH is 1. The predicted molar refractivity (Wildman–Crippen MR) is 97.0 cm³/mol. The van der Waals surface area contributed by atoms with Crippen LogP contribution in [0.1, 0.15) is 48.9 Å². The number of amides is 1. The Bertz CT molecular complexity index is 619. The molecule has 136 valence electrons. The SMILES string of the molecule is O=C(c1ccccc1N1CCCC1)N1CCC2(CC1)OCCC[C@@H]2O. The number of hydrogen-bond donors (Lipinski definition) is 1. The lowest BCUT2D eigenvalue weighted by atomic mass is 9.82. The molecule has 0 bridgehead atoms. The van der Waals surface area contributed by atoms with E-state index in [2.05, 4.69) is 11.0 Å². The summed E-state index contributed by atoms with van der Waals surface area (Å²) in [5.41, 5.74) is 1.45. The van der Waals surface area contributed by atoms with E-state index in [1.165, 1.54) is 12.8 Å². The Labute approximate surface area is 149 Å². The number of carbonyl (C=O) groups excluding carboxylic acids is 1. The van der Waals surface area contributed by atoms with Crippen LogP contribution in [0.2, 0.25) is 0 Å². The monoisotopic (exact) mass is 344 g/mol. The van der Waals surface area contributed by atoms with Gasteiger partial charge in [0, 0.05) is 38.5 Å². The number of carbonyl (C=O) groups is 1. The van der Waals surface area contributed by atoms with Crippen molar-refractivity contribution in [2.24, 2.45) is 0 Å². The van der Waals surface area contributed by atoms with Gasteiger partial charge in [-0.2, -0.15) is 0 Å². The fourth-order valence-corrected chi connectivity index (χ4v) is 4.54. The van der Waals surface area contributed by atoms with Crippen molar-refractivity contribution in [3.8, 4) is 0 Å². The van der Waals surface area contributed by atoms with E-state index in [1.807, 2.05) is 23.1 Å². The molecule has 1 spiro atoms. The number of ether oxygens (including phenoxy) is 1. The molecule has 1 aromatic rings. The Hall–Kier alpha value is -1.59. The highest BCUT2D eigenvalue weighted by Crippen LogP contribution is 2.36. The van der Waals surface area contributed by atoms with E-state index in [9.17, 15) is 9.90 Å². The quantitative estimate of drug-likeness (QED) is 0.895. The number of anilines is 1. The number of nitrogens with zero attached hydrogens (tertiary/aromatic N) is 2. The van der Waals surface area contributed by atoms with Gasteiger partial charge in [-0.3, -0.25) is 4.79 Å². The fraction of sp³-hybridized carbons (Fsp3) is 0.650. The summed E-state index contributed by atoms with van der Waals surface area (Å²) in [5, 5.41) is 10.4. The third-order valence-electron chi connectivity index (χ3n) is 6.10. The van der Waals surface area contributed by atoms with Crippen molar-refractivity contribution in [3.63, 3.8) is 0 Å². The van der Waals surface area contributed by atoms with Gasteiger partial charge >= 0.3 is 0 Å². The lowest BCUT2D eigenvalue weighted by Crippen LogP contribution is -2.56. The average molecular weight is 344 g/mol. The number of rotatable bonds is 2. The smallest absolute Gasteiger partial charge is 0.255 e. The van der Waals surface area contributed by atoms with Gasteiger partial charge in [0.05, 0.1) is 17.3 Å². The molecule has 1 aromatic carbocycles. The Kier molecular flexibility index (Phi) is 4.69. The molecule has 3 fully saturated rings. The second-order valence-electron chi connectivity index (χ2n) is 7.57. The van der Waals surface area contributed by atoms with Gasteiger partial charge in [0.2, 0.25) is 0 Å². The van der Waals surface area contributed by atoms with E-state index in [0.717, 1.165) is 56.6 Å². The molecule has 1 atom stereocenters. The Morgan fingerprint density at radius 1 is 1.08 bits per heavy atom. The summed E-state index contributed by atoms with van der Waals surface area (Å²) >= 11 is 0. The molecule has 3 saturated heterocycles. The molecule has 0 unspecified atom stereocenters. The van der Waals surface area contributed by atoms with E-state index in [-0.39, 0.29) is 5.91 Å². The zero-order chi connectivity index (χ0) is 17.3. The number of para-hydroxylation sites is 1. The molecule has 3 aliphatic heterocycles. The molecule has 0 aliphatic carbocycles. The van der Waals surface area contributed by atoms with Gasteiger partial charge in [-0.15, -0.1) is 0 Å². The first kappa shape index (κ1) is 16.9. The fourth-order valence-electron chi connectivity index (χ4n) is 4.54. The number of aliphatic hydroxyl groups is 1. The first-order chi connectivity index (χ1) is 12.2. The van der Waals surface area contributed by atoms with Crippen LogP contribution >= 0.6 is 0 Å². The van der Waals surface area contributed by atoms with Crippen molar-refractivity contribution in [1.82, 2.24) is 4.90 Å². The van der Waals surface area contributed by atoms with Crippen LogP contribution in [0.15, 0.2) is 24.3 Å². The molecule has 3 aliphatic rings. The maximum atomic E-state index is 13.1. The van der Waals surface area contributed by atoms with Crippen LogP contribution in [0.5, 0.6) is 0 Å². The van der Waals surface area contributed by atoms with Gasteiger partial charge in [-0.1, -0.05) is 12.1 Å². The molecule has 5 heteroatoms. The van der Waals surface area contributed by atoms with Crippen LogP contribution in [0, 0.1) is 0 Å². The molecule has 25 heavy (non-hydrogen) atoms. The molecule has 0 saturated carbocycles. The standard InChI is InChI=1S/C20H28N2O3/c23-18-8-5-15-25-20(18)9-13-22(14-10-20)19(24)16-6-1-2-7-17(16)21-11-3-4-12-21/h1-2,6-7,18,23H,3-5,8-15H2/t18-/m0/s1. The van der Waals surface area contributed by atoms with Crippen LogP contribution < -0.4 is 4.90 Å². The van der Waals surface area contributed by atoms with Crippen LogP contribution in [0.25, 0.3) is 0 Å². The third-order valence-corrected chi connectivity index (χ3v) is 6.10. The van der Waals surface area contributed by atoms with Gasteiger partial charge < -0.3 is 19.6 Å². The molecule has 0 aromatic heterocycles. The van der Waals surface area contributed by atoms with E-state index in [1.54, 1.807) is 0 Å². The van der Waals surface area contributed by atoms with Gasteiger partial charge in [-0.05, 0) is 50.7 Å². The topological polar surface area (TPSA) is 53.0 Å². The van der Waals surface area contributed by atoms with Crippen molar-refractivity contribution in [2.45, 2.75) is 50.2 Å². The van der Waals surface area contributed by atoms with Gasteiger partial charge in [-0.25, -0.2) is 0 Å². The summed E-state index contributed by atoms with van der Waals surface area (Å²) in [4.78, 5) is 17.4. The number of likely N-dealkylation sites (tertiary alicyclic amines) is 1. The maximum Gasteiger partial charge on any atom is 0.255 e. The minimum atomic E-state index is -0.427. The first-order valence-corrected chi connectivity index (χ1v) is 9.65. The van der Waals surface area contributed by atoms with Crippen molar-refractivity contribution in [2.75, 3.05) is 37.7 Å². The number of hydrogen-bond acceptors (Lipinski definition) is 4.